The third-order valence-electron chi connectivity index (χ3n) is 8.79. The molecule has 1 amide bonds. The van der Waals surface area contributed by atoms with Crippen LogP contribution in [0.1, 0.15) is 72.1 Å². The standard InChI is InChI=1S/C23H36F3N3O2/c1-18(2,3)28-16(30)9-29-6-4-19(5-7-29)8-15(19)27-17(31)20-10-21(24)13-22(25,11-20)23(26,12-20)14-21/h15,17,27,31H,4-14H2,1-3H3,(H,28,30). The Morgan fingerprint density at radius 1 is 1.06 bits per heavy atom. The number of piperidine rings is 1. The molecule has 5 aliphatic carbocycles. The van der Waals surface area contributed by atoms with Crippen molar-refractivity contribution in [3.8, 4) is 0 Å². The van der Waals surface area contributed by atoms with Gasteiger partial charge in [-0.2, -0.15) is 0 Å². The molecule has 8 heteroatoms. The van der Waals surface area contributed by atoms with Crippen LogP contribution in [0, 0.1) is 10.8 Å². The molecule has 1 spiro atoms. The fraction of sp³-hybridized carbons (Fsp3) is 0.957. The summed E-state index contributed by atoms with van der Waals surface area (Å²) in [6.07, 6.45) is 0.788. The summed E-state index contributed by atoms with van der Waals surface area (Å²) in [6, 6.07) is 0.0846. The minimum absolute atomic E-state index is 0.0237. The van der Waals surface area contributed by atoms with Crippen molar-refractivity contribution in [1.29, 1.82) is 0 Å². The maximum absolute atomic E-state index is 15.2. The maximum Gasteiger partial charge on any atom is 0.234 e. The molecule has 0 radical (unpaired) electrons. The van der Waals surface area contributed by atoms with Crippen molar-refractivity contribution in [1.82, 2.24) is 15.5 Å². The normalized spacial score (nSPS) is 46.5. The van der Waals surface area contributed by atoms with Crippen LogP contribution in [0.3, 0.4) is 0 Å². The van der Waals surface area contributed by atoms with Gasteiger partial charge in [0.05, 0.1) is 6.54 Å². The van der Waals surface area contributed by atoms with Gasteiger partial charge in [-0.1, -0.05) is 0 Å². The van der Waals surface area contributed by atoms with E-state index in [4.69, 9.17) is 0 Å². The first-order chi connectivity index (χ1) is 14.2. The Morgan fingerprint density at radius 2 is 1.65 bits per heavy atom. The predicted molar refractivity (Wildman–Crippen MR) is 111 cm³/mol. The molecule has 6 aliphatic rings. The van der Waals surface area contributed by atoms with Crippen LogP contribution in [0.15, 0.2) is 0 Å². The van der Waals surface area contributed by atoms with Crippen LogP contribution in [0.25, 0.3) is 0 Å². The fourth-order valence-electron chi connectivity index (χ4n) is 7.50. The van der Waals surface area contributed by atoms with Crippen LogP contribution in [-0.2, 0) is 4.79 Å². The number of amides is 1. The third-order valence-corrected chi connectivity index (χ3v) is 8.79. The lowest BCUT2D eigenvalue weighted by molar-refractivity contribution is -0.124. The summed E-state index contributed by atoms with van der Waals surface area (Å²) in [7, 11) is 0. The number of aliphatic hydroxyl groups is 1. The molecule has 5 saturated carbocycles. The zero-order chi connectivity index (χ0) is 22.5. The van der Waals surface area contributed by atoms with Crippen molar-refractivity contribution >= 4 is 5.91 Å². The number of aliphatic hydroxyl groups excluding tert-OH is 1. The van der Waals surface area contributed by atoms with E-state index in [-0.39, 0.29) is 55.0 Å². The molecule has 1 heterocycles. The molecule has 4 unspecified atom stereocenters. The van der Waals surface area contributed by atoms with Gasteiger partial charge in [0.1, 0.15) is 23.2 Å². The van der Waals surface area contributed by atoms with E-state index in [0.29, 0.717) is 6.54 Å². The van der Waals surface area contributed by atoms with Gasteiger partial charge in [-0.25, -0.2) is 13.2 Å². The number of rotatable bonds is 5. The van der Waals surface area contributed by atoms with Crippen LogP contribution in [0.5, 0.6) is 0 Å². The molecular formula is C23H36F3N3O2. The zero-order valence-electron chi connectivity index (χ0n) is 18.9. The lowest BCUT2D eigenvalue weighted by Gasteiger charge is -2.45. The van der Waals surface area contributed by atoms with Crippen LogP contribution in [0.2, 0.25) is 0 Å². The van der Waals surface area contributed by atoms with Crippen molar-refractivity contribution in [3.63, 3.8) is 0 Å². The van der Waals surface area contributed by atoms with Gasteiger partial charge < -0.3 is 10.4 Å². The van der Waals surface area contributed by atoms with Gasteiger partial charge >= 0.3 is 0 Å². The van der Waals surface area contributed by atoms with E-state index in [2.05, 4.69) is 15.5 Å². The highest BCUT2D eigenvalue weighted by molar-refractivity contribution is 5.78. The number of nitrogens with zero attached hydrogens (tertiary/aromatic N) is 1. The van der Waals surface area contributed by atoms with Crippen molar-refractivity contribution in [2.75, 3.05) is 19.6 Å². The van der Waals surface area contributed by atoms with Gasteiger partial charge in [0.2, 0.25) is 5.91 Å². The number of nitrogens with one attached hydrogen (secondary N) is 2. The molecule has 0 aromatic rings. The Balaban J connectivity index is 1.15. The second-order valence-electron chi connectivity index (χ2n) is 12.6. The van der Waals surface area contributed by atoms with E-state index in [0.717, 1.165) is 32.4 Å². The molecule has 4 bridgehead atoms. The molecule has 0 aromatic heterocycles. The van der Waals surface area contributed by atoms with Crippen molar-refractivity contribution in [2.24, 2.45) is 10.8 Å². The van der Waals surface area contributed by atoms with Crippen LogP contribution < -0.4 is 10.6 Å². The van der Waals surface area contributed by atoms with Gasteiger partial charge in [-0.05, 0) is 77.8 Å². The second-order valence-corrected chi connectivity index (χ2v) is 12.6. The van der Waals surface area contributed by atoms with Gasteiger partial charge in [0.25, 0.3) is 0 Å². The summed E-state index contributed by atoms with van der Waals surface area (Å²) >= 11 is 0. The highest BCUT2D eigenvalue weighted by Crippen LogP contribution is 2.74. The van der Waals surface area contributed by atoms with Gasteiger partial charge in [0.15, 0.2) is 0 Å². The Labute approximate surface area is 182 Å². The third kappa shape index (κ3) is 3.52. The molecule has 1 aliphatic heterocycles. The quantitative estimate of drug-likeness (QED) is 0.572. The van der Waals surface area contributed by atoms with E-state index < -0.39 is 28.6 Å². The first-order valence-electron chi connectivity index (χ1n) is 11.7. The van der Waals surface area contributed by atoms with Gasteiger partial charge in [-0.15, -0.1) is 0 Å². The molecule has 0 aromatic carbocycles. The summed E-state index contributed by atoms with van der Waals surface area (Å²) in [4.78, 5) is 14.3. The minimum Gasteiger partial charge on any atom is -0.378 e. The van der Waals surface area contributed by atoms with E-state index in [9.17, 15) is 9.90 Å². The molecule has 176 valence electrons. The number of likely N-dealkylation sites (tertiary alicyclic amines) is 1. The summed E-state index contributed by atoms with van der Waals surface area (Å²) in [5.41, 5.74) is -7.33. The SMILES string of the molecule is CC(C)(C)NC(=O)CN1CCC2(CC1)CC2NC(O)C12CC3(F)CC(F)(C1)C(F)(C3)C2. The summed E-state index contributed by atoms with van der Waals surface area (Å²) < 4.78 is 45.4. The van der Waals surface area contributed by atoms with E-state index >= 15 is 13.2 Å². The van der Waals surface area contributed by atoms with E-state index in [1.807, 2.05) is 20.8 Å². The number of halogens is 3. The Bertz CT molecular complexity index is 759. The first kappa shape index (κ1) is 22.0. The average Bonchev–Trinajstić information content (AvgIpc) is 3.16. The van der Waals surface area contributed by atoms with Crippen LogP contribution in [-0.4, -0.2) is 70.4 Å². The van der Waals surface area contributed by atoms with E-state index in [1.165, 1.54) is 0 Å². The van der Waals surface area contributed by atoms with Crippen molar-refractivity contribution in [2.45, 2.75) is 107 Å². The molecule has 1 saturated heterocycles. The Kier molecular flexibility index (Phi) is 4.52. The smallest absolute Gasteiger partial charge is 0.234 e. The Hall–Kier alpha value is -0.860. The van der Waals surface area contributed by atoms with E-state index in [1.54, 1.807) is 0 Å². The Morgan fingerprint density at radius 3 is 2.16 bits per heavy atom. The summed E-state index contributed by atoms with van der Waals surface area (Å²) in [5, 5.41) is 17.2. The lowest BCUT2D eigenvalue weighted by Crippen LogP contribution is -2.53. The number of hydrogen-bond acceptors (Lipinski definition) is 4. The number of carbonyl (C=O) groups excluding carboxylic acids is 1. The zero-order valence-corrected chi connectivity index (χ0v) is 18.9. The first-order valence-corrected chi connectivity index (χ1v) is 11.7. The van der Waals surface area contributed by atoms with Crippen LogP contribution >= 0.6 is 0 Å². The van der Waals surface area contributed by atoms with Crippen molar-refractivity contribution in [3.05, 3.63) is 0 Å². The highest BCUT2D eigenvalue weighted by Gasteiger charge is 2.80. The average molecular weight is 444 g/mol. The number of carbonyl (C=O) groups is 1. The van der Waals surface area contributed by atoms with Gasteiger partial charge in [0, 0.05) is 29.8 Å². The second kappa shape index (κ2) is 6.38. The fourth-order valence-corrected chi connectivity index (χ4v) is 7.50. The minimum atomic E-state index is -2.14. The number of hydrogen-bond donors (Lipinski definition) is 3. The molecule has 3 N–H and O–H groups in total. The molecule has 4 atom stereocenters. The highest BCUT2D eigenvalue weighted by atomic mass is 19.2. The monoisotopic (exact) mass is 443 g/mol. The molecule has 6 rings (SSSR count). The molecule has 6 fully saturated rings. The lowest BCUT2D eigenvalue weighted by atomic mass is 9.66. The maximum atomic E-state index is 15.2. The predicted octanol–water partition coefficient (Wildman–Crippen LogP) is 2.77. The largest absolute Gasteiger partial charge is 0.378 e. The molecule has 31 heavy (non-hydrogen) atoms. The molecular weight excluding hydrogens is 407 g/mol. The summed E-state index contributed by atoms with van der Waals surface area (Å²) in [5.74, 6) is 0.0237. The molecule has 5 nitrogen and oxygen atoms in total. The summed E-state index contributed by atoms with van der Waals surface area (Å²) in [6.45, 7) is 7.89. The van der Waals surface area contributed by atoms with Gasteiger partial charge in [-0.3, -0.25) is 15.0 Å². The van der Waals surface area contributed by atoms with Crippen LogP contribution in [0.4, 0.5) is 13.2 Å². The van der Waals surface area contributed by atoms with Crippen molar-refractivity contribution < 1.29 is 23.1 Å². The topological polar surface area (TPSA) is 64.6 Å². The number of alkyl halides is 3.